The summed E-state index contributed by atoms with van der Waals surface area (Å²) in [7, 11) is -3.22. The number of rotatable bonds is 9. The van der Waals surface area contributed by atoms with Gasteiger partial charge >= 0.3 is 5.97 Å². The van der Waals surface area contributed by atoms with Crippen LogP contribution in [-0.4, -0.2) is 38.3 Å². The van der Waals surface area contributed by atoms with E-state index in [0.717, 1.165) is 5.57 Å². The number of ether oxygens (including phenoxy) is 1. The average molecular weight is 330 g/mol. The van der Waals surface area contributed by atoms with Gasteiger partial charge < -0.3 is 4.74 Å². The summed E-state index contributed by atoms with van der Waals surface area (Å²) in [6.45, 7) is 8.58. The molecule has 0 bridgehead atoms. The molecule has 0 aliphatic rings. The van der Waals surface area contributed by atoms with E-state index < -0.39 is 21.7 Å². The van der Waals surface area contributed by atoms with Gasteiger partial charge in [0.05, 0.1) is 18.1 Å². The average Bonchev–Trinajstić information content (AvgIpc) is 2.36. The molecule has 0 heterocycles. The minimum absolute atomic E-state index is 0.00543. The Morgan fingerprint density at radius 3 is 2.14 bits per heavy atom. The van der Waals surface area contributed by atoms with Gasteiger partial charge in [0.1, 0.15) is 11.7 Å². The van der Waals surface area contributed by atoms with Crippen LogP contribution in [0.1, 0.15) is 41.0 Å². The molecule has 1 unspecified atom stereocenters. The molecule has 126 valence electrons. The highest BCUT2D eigenvalue weighted by molar-refractivity contribution is 7.91. The predicted octanol–water partition coefficient (Wildman–Crippen LogP) is 2.47. The number of sulfone groups is 1. The molecule has 0 aliphatic carbocycles. The van der Waals surface area contributed by atoms with Gasteiger partial charge in [0.15, 0.2) is 9.84 Å². The van der Waals surface area contributed by atoms with Crippen LogP contribution in [0.4, 0.5) is 0 Å². The van der Waals surface area contributed by atoms with Crippen molar-refractivity contribution in [2.75, 3.05) is 18.1 Å². The Hall–Kier alpha value is -1.43. The van der Waals surface area contributed by atoms with Gasteiger partial charge in [0.25, 0.3) is 0 Å². The number of esters is 1. The summed E-state index contributed by atoms with van der Waals surface area (Å²) in [5.41, 5.74) is 1.57. The number of allylic oxidation sites excluding steroid dienone is 2. The van der Waals surface area contributed by atoms with Gasteiger partial charge in [-0.25, -0.2) is 8.42 Å². The maximum Gasteiger partial charge on any atom is 0.316 e. The van der Waals surface area contributed by atoms with E-state index >= 15 is 0 Å². The molecule has 0 saturated heterocycles. The summed E-state index contributed by atoms with van der Waals surface area (Å²) in [5, 5.41) is 0. The molecule has 6 heteroatoms. The van der Waals surface area contributed by atoms with Gasteiger partial charge in [-0.1, -0.05) is 23.3 Å². The maximum atomic E-state index is 11.9. The van der Waals surface area contributed by atoms with Crippen molar-refractivity contribution < 1.29 is 22.7 Å². The van der Waals surface area contributed by atoms with Crippen molar-refractivity contribution in [3.63, 3.8) is 0 Å². The first-order valence-corrected chi connectivity index (χ1v) is 9.07. The minimum Gasteiger partial charge on any atom is -0.465 e. The lowest BCUT2D eigenvalue weighted by Gasteiger charge is -2.11. The second-order valence-corrected chi connectivity index (χ2v) is 7.65. The van der Waals surface area contributed by atoms with E-state index in [1.165, 1.54) is 6.92 Å². The van der Waals surface area contributed by atoms with Crippen LogP contribution in [0.15, 0.2) is 23.3 Å². The molecule has 0 radical (unpaired) electrons. The molecule has 0 aromatic heterocycles. The highest BCUT2D eigenvalue weighted by atomic mass is 32.2. The van der Waals surface area contributed by atoms with Gasteiger partial charge in [-0.15, -0.1) is 0 Å². The molecule has 0 amide bonds. The van der Waals surface area contributed by atoms with Crippen molar-refractivity contribution >= 4 is 21.6 Å². The first kappa shape index (κ1) is 20.6. The Labute approximate surface area is 133 Å². The smallest absolute Gasteiger partial charge is 0.316 e. The highest BCUT2D eigenvalue weighted by Crippen LogP contribution is 2.12. The van der Waals surface area contributed by atoms with Crippen LogP contribution in [0.2, 0.25) is 0 Å². The van der Waals surface area contributed by atoms with Crippen LogP contribution >= 0.6 is 0 Å². The molecule has 1 atom stereocenters. The fraction of sp³-hybridized carbons (Fsp3) is 0.625. The fourth-order valence-electron chi connectivity index (χ4n) is 1.75. The van der Waals surface area contributed by atoms with Crippen molar-refractivity contribution in [2.24, 2.45) is 5.92 Å². The van der Waals surface area contributed by atoms with Gasteiger partial charge in [0.2, 0.25) is 0 Å². The second kappa shape index (κ2) is 9.56. The van der Waals surface area contributed by atoms with Gasteiger partial charge in [-0.05, 0) is 41.0 Å². The summed E-state index contributed by atoms with van der Waals surface area (Å²) >= 11 is 0. The van der Waals surface area contributed by atoms with Crippen LogP contribution in [0, 0.1) is 5.92 Å². The standard InChI is InChI=1S/C16H26O5S/c1-6-21-16(18)15(14(5)17)8-7-13(4)11-22(19,20)10-9-12(2)3/h7,9,15H,6,8,10-11H2,1-5H3. The molecule has 0 rings (SSSR count). The summed E-state index contributed by atoms with van der Waals surface area (Å²) in [4.78, 5) is 23.1. The molecule has 0 aliphatic heterocycles. The highest BCUT2D eigenvalue weighted by Gasteiger charge is 2.23. The minimum atomic E-state index is -3.22. The zero-order valence-corrected chi connectivity index (χ0v) is 14.8. The number of hydrogen-bond acceptors (Lipinski definition) is 5. The van der Waals surface area contributed by atoms with Crippen molar-refractivity contribution in [1.82, 2.24) is 0 Å². The van der Waals surface area contributed by atoms with Crippen LogP contribution in [-0.2, 0) is 24.2 Å². The monoisotopic (exact) mass is 330 g/mol. The molecule has 0 aromatic rings. The number of hydrogen-bond donors (Lipinski definition) is 0. The van der Waals surface area contributed by atoms with E-state index in [1.807, 2.05) is 13.8 Å². The van der Waals surface area contributed by atoms with E-state index in [1.54, 1.807) is 26.0 Å². The first-order chi connectivity index (χ1) is 10.1. The number of ketones is 1. The molecule has 0 N–H and O–H groups in total. The van der Waals surface area contributed by atoms with Crippen LogP contribution in [0.5, 0.6) is 0 Å². The molecule has 5 nitrogen and oxygen atoms in total. The summed E-state index contributed by atoms with van der Waals surface area (Å²) < 4.78 is 28.7. The molecule has 0 fully saturated rings. The third-order valence-corrected chi connectivity index (χ3v) is 4.53. The Morgan fingerprint density at radius 2 is 1.68 bits per heavy atom. The first-order valence-electron chi connectivity index (χ1n) is 7.25. The van der Waals surface area contributed by atoms with Gasteiger partial charge in [0, 0.05) is 0 Å². The van der Waals surface area contributed by atoms with Gasteiger partial charge in [-0.2, -0.15) is 0 Å². The zero-order chi connectivity index (χ0) is 17.3. The van der Waals surface area contributed by atoms with Gasteiger partial charge in [-0.3, -0.25) is 9.59 Å². The largest absolute Gasteiger partial charge is 0.465 e. The van der Waals surface area contributed by atoms with Crippen LogP contribution in [0.3, 0.4) is 0 Å². The van der Waals surface area contributed by atoms with E-state index in [-0.39, 0.29) is 30.3 Å². The van der Waals surface area contributed by atoms with Crippen LogP contribution < -0.4 is 0 Å². The van der Waals surface area contributed by atoms with E-state index in [9.17, 15) is 18.0 Å². The maximum absolute atomic E-state index is 11.9. The molecular formula is C16H26O5S. The van der Waals surface area contributed by atoms with Crippen molar-refractivity contribution in [2.45, 2.75) is 41.0 Å². The summed E-state index contributed by atoms with van der Waals surface area (Å²) in [6.07, 6.45) is 3.46. The molecule has 0 spiro atoms. The Bertz CT molecular complexity index is 551. The molecular weight excluding hydrogens is 304 g/mol. The number of carbonyl (C=O) groups is 2. The predicted molar refractivity (Wildman–Crippen MR) is 87.3 cm³/mol. The van der Waals surface area contributed by atoms with Crippen LogP contribution in [0.25, 0.3) is 0 Å². The number of Topliss-reactive ketones (excluding diaryl/α,β-unsaturated/α-hetero) is 1. The topological polar surface area (TPSA) is 77.5 Å². The zero-order valence-electron chi connectivity index (χ0n) is 14.0. The van der Waals surface area contributed by atoms with E-state index in [4.69, 9.17) is 4.74 Å². The Balaban J connectivity index is 4.80. The lowest BCUT2D eigenvalue weighted by Crippen LogP contribution is -2.24. The Morgan fingerprint density at radius 1 is 1.09 bits per heavy atom. The summed E-state index contributed by atoms with van der Waals surface area (Å²) in [5.74, 6) is -1.80. The van der Waals surface area contributed by atoms with Crippen molar-refractivity contribution in [3.05, 3.63) is 23.3 Å². The molecule has 0 aromatic carbocycles. The third kappa shape index (κ3) is 8.77. The van der Waals surface area contributed by atoms with Crippen molar-refractivity contribution in [1.29, 1.82) is 0 Å². The van der Waals surface area contributed by atoms with Crippen molar-refractivity contribution in [3.8, 4) is 0 Å². The number of carbonyl (C=O) groups excluding carboxylic acids is 2. The summed E-state index contributed by atoms with van der Waals surface area (Å²) in [6, 6.07) is 0. The third-order valence-electron chi connectivity index (χ3n) is 2.96. The molecule has 0 saturated carbocycles. The Kier molecular flexibility index (Phi) is 8.94. The second-order valence-electron chi connectivity index (χ2n) is 5.54. The SMILES string of the molecule is CCOC(=O)C(CC=C(C)CS(=O)(=O)CC=C(C)C)C(C)=O. The lowest BCUT2D eigenvalue weighted by molar-refractivity contribution is -0.150. The fourth-order valence-corrected chi connectivity index (χ4v) is 3.27. The van der Waals surface area contributed by atoms with E-state index in [0.29, 0.717) is 5.57 Å². The quantitative estimate of drug-likeness (QED) is 0.369. The lowest BCUT2D eigenvalue weighted by atomic mass is 10.00. The molecule has 22 heavy (non-hydrogen) atoms. The van der Waals surface area contributed by atoms with E-state index in [2.05, 4.69) is 0 Å². The normalized spacial score (nSPS) is 13.4.